The number of rotatable bonds is 8. The summed E-state index contributed by atoms with van der Waals surface area (Å²) in [6, 6.07) is 25.3. The summed E-state index contributed by atoms with van der Waals surface area (Å²) in [6.07, 6.45) is 0.875. The van der Waals surface area contributed by atoms with Crippen LogP contribution in [0, 0.1) is 17.8 Å². The third-order valence-electron chi connectivity index (χ3n) is 8.10. The maximum absolute atomic E-state index is 12.9. The van der Waals surface area contributed by atoms with Crippen molar-refractivity contribution < 1.29 is 38.1 Å². The fraction of sp³-hybridized carbons (Fsp3) is 0.250. The van der Waals surface area contributed by atoms with E-state index in [2.05, 4.69) is 0 Å². The zero-order valence-corrected chi connectivity index (χ0v) is 22.0. The van der Waals surface area contributed by atoms with E-state index >= 15 is 0 Å². The molecule has 0 aliphatic heterocycles. The summed E-state index contributed by atoms with van der Waals surface area (Å²) in [5, 5.41) is 3.23. The zero-order chi connectivity index (χ0) is 28.6. The third-order valence-corrected chi connectivity index (χ3v) is 8.10. The fourth-order valence-corrected chi connectivity index (χ4v) is 6.04. The first-order valence-electron chi connectivity index (χ1n) is 13.3. The molecule has 2 aliphatic carbocycles. The number of fused-ring (bicyclic) bond motifs is 3. The molecule has 4 aromatic rings. The van der Waals surface area contributed by atoms with Crippen LogP contribution in [0.5, 0.6) is 0 Å². The molecule has 9 heteroatoms. The van der Waals surface area contributed by atoms with Crippen molar-refractivity contribution in [1.29, 1.82) is 0 Å². The summed E-state index contributed by atoms with van der Waals surface area (Å²) < 4.78 is 20.8. The van der Waals surface area contributed by atoms with E-state index < -0.39 is 54.8 Å². The number of carbonyl (C=O) groups is 4. The largest absolute Gasteiger partial charge is 0.428 e. The lowest BCUT2D eigenvalue weighted by atomic mass is 9.91. The predicted octanol–water partition coefficient (Wildman–Crippen LogP) is 4.36. The fourth-order valence-electron chi connectivity index (χ4n) is 6.04. The lowest BCUT2D eigenvalue weighted by Gasteiger charge is -2.24. The first-order chi connectivity index (χ1) is 19.9. The van der Waals surface area contributed by atoms with E-state index in [9.17, 15) is 19.2 Å². The Morgan fingerprint density at radius 1 is 0.683 bits per heavy atom. The molecule has 0 aromatic heterocycles. The number of esters is 4. The molecule has 208 valence electrons. The van der Waals surface area contributed by atoms with Gasteiger partial charge in [-0.15, -0.1) is 0 Å². The zero-order valence-electron chi connectivity index (χ0n) is 22.0. The Kier molecular flexibility index (Phi) is 6.88. The number of ether oxygens (including phenoxy) is 4. The van der Waals surface area contributed by atoms with Gasteiger partial charge >= 0.3 is 23.9 Å². The molecule has 41 heavy (non-hydrogen) atoms. The molecule has 4 atom stereocenters. The third kappa shape index (κ3) is 4.89. The minimum absolute atomic E-state index is 0.132. The van der Waals surface area contributed by atoms with E-state index in [1.807, 2.05) is 60.7 Å². The molecule has 2 fully saturated rings. The summed E-state index contributed by atoms with van der Waals surface area (Å²) >= 11 is 0. The number of hydrogen-bond donors (Lipinski definition) is 1. The van der Waals surface area contributed by atoms with Gasteiger partial charge in [-0.1, -0.05) is 72.8 Å². The van der Waals surface area contributed by atoms with Gasteiger partial charge in [-0.25, -0.2) is 14.4 Å². The summed E-state index contributed by atoms with van der Waals surface area (Å²) in [7, 11) is 0. The lowest BCUT2D eigenvalue weighted by Crippen LogP contribution is -2.51. The molecular formula is C32H27NO8. The highest BCUT2D eigenvalue weighted by molar-refractivity contribution is 6.05. The van der Waals surface area contributed by atoms with E-state index in [1.165, 1.54) is 0 Å². The average Bonchev–Trinajstić information content (AvgIpc) is 3.64. The van der Waals surface area contributed by atoms with Crippen molar-refractivity contribution in [2.75, 3.05) is 13.6 Å². The van der Waals surface area contributed by atoms with Crippen LogP contribution < -0.4 is 5.73 Å². The Bertz CT molecular complexity index is 1670. The van der Waals surface area contributed by atoms with Crippen molar-refractivity contribution in [2.24, 2.45) is 23.5 Å². The predicted molar refractivity (Wildman–Crippen MR) is 147 cm³/mol. The molecule has 0 unspecified atom stereocenters. The van der Waals surface area contributed by atoms with E-state index in [0.717, 1.165) is 21.5 Å². The van der Waals surface area contributed by atoms with Gasteiger partial charge in [0.2, 0.25) is 13.6 Å². The van der Waals surface area contributed by atoms with Crippen molar-refractivity contribution in [2.45, 2.75) is 18.4 Å². The monoisotopic (exact) mass is 553 g/mol. The minimum atomic E-state index is -1.40. The summed E-state index contributed by atoms with van der Waals surface area (Å²) in [5.41, 5.74) is 5.74. The molecule has 0 bridgehead atoms. The van der Waals surface area contributed by atoms with Crippen molar-refractivity contribution in [3.63, 3.8) is 0 Å². The molecule has 2 N–H and O–H groups in total. The summed E-state index contributed by atoms with van der Waals surface area (Å²) in [4.78, 5) is 50.9. The van der Waals surface area contributed by atoms with Crippen molar-refractivity contribution >= 4 is 45.4 Å². The van der Waals surface area contributed by atoms with E-state index in [0.29, 0.717) is 24.0 Å². The first kappa shape index (κ1) is 26.5. The van der Waals surface area contributed by atoms with Crippen LogP contribution in [0.25, 0.3) is 21.5 Å². The molecule has 4 aromatic carbocycles. The molecule has 2 aliphatic rings. The van der Waals surface area contributed by atoms with Crippen molar-refractivity contribution in [3.8, 4) is 0 Å². The van der Waals surface area contributed by atoms with E-state index in [1.54, 1.807) is 24.3 Å². The van der Waals surface area contributed by atoms with E-state index in [4.69, 9.17) is 24.7 Å². The van der Waals surface area contributed by atoms with E-state index in [-0.39, 0.29) is 5.92 Å². The highest BCUT2D eigenvalue weighted by Crippen LogP contribution is 2.62. The number of nitrogens with two attached hydrogens (primary N) is 1. The maximum atomic E-state index is 12.9. The first-order valence-corrected chi connectivity index (χ1v) is 13.3. The molecular weight excluding hydrogens is 526 g/mol. The van der Waals surface area contributed by atoms with Gasteiger partial charge in [0, 0.05) is 5.92 Å². The van der Waals surface area contributed by atoms with Gasteiger partial charge < -0.3 is 24.7 Å². The molecule has 0 heterocycles. The lowest BCUT2D eigenvalue weighted by molar-refractivity contribution is -0.160. The molecule has 0 amide bonds. The number of benzene rings is 4. The van der Waals surface area contributed by atoms with Crippen LogP contribution in [0.4, 0.5) is 0 Å². The van der Waals surface area contributed by atoms with Crippen LogP contribution in [0.1, 0.15) is 33.6 Å². The number of hydrogen-bond acceptors (Lipinski definition) is 9. The minimum Gasteiger partial charge on any atom is -0.428 e. The van der Waals surface area contributed by atoms with Gasteiger partial charge in [0.1, 0.15) is 5.54 Å². The second-order valence-electron chi connectivity index (χ2n) is 10.3. The topological polar surface area (TPSA) is 131 Å². The highest BCUT2D eigenvalue weighted by Gasteiger charge is 2.70. The van der Waals surface area contributed by atoms with Crippen LogP contribution in [0.3, 0.4) is 0 Å². The molecule has 9 nitrogen and oxygen atoms in total. The Balaban J connectivity index is 0.998. The smallest absolute Gasteiger partial charge is 0.341 e. The molecule has 2 saturated carbocycles. The van der Waals surface area contributed by atoms with Crippen molar-refractivity contribution in [3.05, 3.63) is 96.1 Å². The van der Waals surface area contributed by atoms with Crippen LogP contribution in [0.2, 0.25) is 0 Å². The average molecular weight is 554 g/mol. The Labute approximate surface area is 235 Å². The number of carbonyl (C=O) groups excluding carboxylic acids is 4. The Morgan fingerprint density at radius 3 is 1.78 bits per heavy atom. The quantitative estimate of drug-likeness (QED) is 0.250. The second-order valence-corrected chi connectivity index (χ2v) is 10.3. The SMILES string of the molecule is N[C@@]1(C(=O)OCOC(=O)c2cccc3ccccc23)CC[C@H]2[C@H](C(=O)OCOC(=O)c3cccc4ccccc34)[C@H]21. The standard InChI is InChI=1S/C32H27NO8/c33-32(31(37)41-18-39-29(35)24-14-6-10-20-8-2-4-12-22(20)24)16-15-25-26(27(25)32)30(36)40-17-38-28(34)23-13-5-9-19-7-1-3-11-21(19)23/h1-14,25-27H,15-18,33H2/t25-,26-,27-,32-/m0/s1. The van der Waals surface area contributed by atoms with Gasteiger partial charge in [0.25, 0.3) is 0 Å². The van der Waals surface area contributed by atoms with Crippen molar-refractivity contribution in [1.82, 2.24) is 0 Å². The Hall–Kier alpha value is -4.76. The molecule has 6 rings (SSSR count). The highest BCUT2D eigenvalue weighted by atomic mass is 16.7. The van der Waals surface area contributed by atoms with Crippen LogP contribution >= 0.6 is 0 Å². The van der Waals surface area contributed by atoms with Crippen LogP contribution in [0.15, 0.2) is 84.9 Å². The normalized spacial score (nSPS) is 22.5. The maximum Gasteiger partial charge on any atom is 0.341 e. The van der Waals surface area contributed by atoms with Gasteiger partial charge in [-0.2, -0.15) is 0 Å². The van der Waals surface area contributed by atoms with Crippen LogP contribution in [-0.4, -0.2) is 43.0 Å². The van der Waals surface area contributed by atoms with Gasteiger partial charge in [-0.05, 0) is 52.4 Å². The molecule has 0 spiro atoms. The second kappa shape index (κ2) is 10.7. The van der Waals surface area contributed by atoms with Crippen LogP contribution in [-0.2, 0) is 28.5 Å². The summed E-state index contributed by atoms with van der Waals surface area (Å²) in [6.45, 7) is -1.15. The Morgan fingerprint density at radius 2 is 1.20 bits per heavy atom. The van der Waals surface area contributed by atoms with Gasteiger partial charge in [0.05, 0.1) is 17.0 Å². The van der Waals surface area contributed by atoms with Gasteiger partial charge in [-0.3, -0.25) is 4.79 Å². The van der Waals surface area contributed by atoms with Gasteiger partial charge in [0.15, 0.2) is 0 Å². The molecule has 0 radical (unpaired) electrons. The molecule has 0 saturated heterocycles. The summed E-state index contributed by atoms with van der Waals surface area (Å²) in [5.74, 6) is -3.77.